The number of halogens is 1. The standard InChI is InChI=1S/C25H28FN3O3/c1-27-15-18(26)12-17-13-20-21(24(17)27)16-29(25(20)30)19-6-7-22(31-2)23(14-19)32-11-10-28-8-4-3-5-9-28/h6-7,12-15H,3-5,8-11,16H2,1-2H3. The fourth-order valence-electron chi connectivity index (χ4n) is 4.92. The summed E-state index contributed by atoms with van der Waals surface area (Å²) in [5.41, 5.74) is 3.96. The van der Waals surface area contributed by atoms with Crippen LogP contribution in [0.4, 0.5) is 10.1 Å². The molecule has 5 rings (SSSR count). The van der Waals surface area contributed by atoms with Crippen molar-refractivity contribution in [3.8, 4) is 22.8 Å². The van der Waals surface area contributed by atoms with Crippen molar-refractivity contribution in [2.24, 2.45) is 7.05 Å². The molecule has 0 bridgehead atoms. The molecule has 0 radical (unpaired) electrons. The van der Waals surface area contributed by atoms with Crippen LogP contribution < -0.4 is 14.4 Å². The van der Waals surface area contributed by atoms with Crippen LogP contribution in [0.1, 0.15) is 35.2 Å². The Labute approximate surface area is 187 Å². The summed E-state index contributed by atoms with van der Waals surface area (Å²) in [6, 6.07) is 8.86. The first-order chi connectivity index (χ1) is 15.5. The third-order valence-electron chi connectivity index (χ3n) is 6.51. The smallest absolute Gasteiger partial charge is 0.259 e. The predicted octanol–water partition coefficient (Wildman–Crippen LogP) is 4.30. The molecule has 0 N–H and O–H groups in total. The summed E-state index contributed by atoms with van der Waals surface area (Å²) in [7, 11) is 3.43. The van der Waals surface area contributed by atoms with Gasteiger partial charge in [-0.25, -0.2) is 4.39 Å². The minimum absolute atomic E-state index is 0.0824. The minimum atomic E-state index is -0.311. The van der Waals surface area contributed by atoms with Crippen molar-refractivity contribution in [1.82, 2.24) is 9.47 Å². The summed E-state index contributed by atoms with van der Waals surface area (Å²) in [4.78, 5) is 17.4. The van der Waals surface area contributed by atoms with Crippen LogP contribution in [0.3, 0.4) is 0 Å². The molecule has 0 spiro atoms. The maximum atomic E-state index is 13.8. The summed E-state index contributed by atoms with van der Waals surface area (Å²) >= 11 is 0. The van der Waals surface area contributed by atoms with Crippen LogP contribution >= 0.6 is 0 Å². The number of benzene rings is 1. The van der Waals surface area contributed by atoms with Crippen LogP contribution in [0.2, 0.25) is 0 Å². The number of aromatic nitrogens is 1. The number of hydrogen-bond donors (Lipinski definition) is 0. The molecule has 1 aliphatic carbocycles. The zero-order valence-corrected chi connectivity index (χ0v) is 18.6. The van der Waals surface area contributed by atoms with Crippen molar-refractivity contribution < 1.29 is 18.7 Å². The van der Waals surface area contributed by atoms with Crippen LogP contribution in [-0.2, 0) is 13.6 Å². The number of ether oxygens (including phenoxy) is 2. The van der Waals surface area contributed by atoms with E-state index in [-0.39, 0.29) is 11.7 Å². The number of amides is 1. The van der Waals surface area contributed by atoms with E-state index in [1.165, 1.54) is 31.5 Å². The molecule has 1 saturated heterocycles. The van der Waals surface area contributed by atoms with Gasteiger partial charge in [0.1, 0.15) is 12.4 Å². The monoisotopic (exact) mass is 437 g/mol. The number of fused-ring (bicyclic) bond motifs is 3. The largest absolute Gasteiger partial charge is 0.493 e. The van der Waals surface area contributed by atoms with Crippen LogP contribution in [-0.4, -0.2) is 48.7 Å². The van der Waals surface area contributed by atoms with Gasteiger partial charge in [-0.1, -0.05) is 6.42 Å². The van der Waals surface area contributed by atoms with Gasteiger partial charge in [0, 0.05) is 48.2 Å². The van der Waals surface area contributed by atoms with E-state index in [2.05, 4.69) is 4.90 Å². The Morgan fingerprint density at radius 2 is 1.88 bits per heavy atom. The van der Waals surface area contributed by atoms with E-state index in [9.17, 15) is 9.18 Å². The molecule has 3 aliphatic heterocycles. The molecule has 32 heavy (non-hydrogen) atoms. The number of hydrogen-bond acceptors (Lipinski definition) is 4. The molecule has 0 atom stereocenters. The number of aryl methyl sites for hydroxylation is 1. The number of methoxy groups -OCH3 is 1. The number of carbonyl (C=O) groups is 1. The lowest BCUT2D eigenvalue weighted by Crippen LogP contribution is -2.33. The molecule has 0 saturated carbocycles. The molecular formula is C25H28FN3O3. The van der Waals surface area contributed by atoms with Gasteiger partial charge in [-0.2, -0.15) is 0 Å². The summed E-state index contributed by atoms with van der Waals surface area (Å²) in [5.74, 6) is 0.896. The maximum absolute atomic E-state index is 13.8. The minimum Gasteiger partial charge on any atom is -0.493 e. The van der Waals surface area contributed by atoms with Gasteiger partial charge in [0.15, 0.2) is 11.5 Å². The molecule has 1 amide bonds. The number of rotatable bonds is 6. The van der Waals surface area contributed by atoms with Gasteiger partial charge >= 0.3 is 0 Å². The number of anilines is 1. The van der Waals surface area contributed by atoms with Gasteiger partial charge in [-0.3, -0.25) is 9.69 Å². The van der Waals surface area contributed by atoms with E-state index in [4.69, 9.17) is 9.47 Å². The lowest BCUT2D eigenvalue weighted by Gasteiger charge is -2.26. The molecule has 168 valence electrons. The molecule has 0 aromatic heterocycles. The molecule has 3 heterocycles. The zero-order valence-electron chi connectivity index (χ0n) is 18.6. The average Bonchev–Trinajstić information content (AvgIpc) is 3.30. The molecule has 7 heteroatoms. The van der Waals surface area contributed by atoms with Crippen molar-refractivity contribution >= 4 is 11.6 Å². The number of piperidine rings is 1. The highest BCUT2D eigenvalue weighted by atomic mass is 19.1. The second-order valence-electron chi connectivity index (χ2n) is 8.59. The quantitative estimate of drug-likeness (QED) is 0.577. The summed E-state index contributed by atoms with van der Waals surface area (Å²) in [6.07, 6.45) is 5.25. The fraction of sp³-hybridized carbons (Fsp3) is 0.400. The highest BCUT2D eigenvalue weighted by Gasteiger charge is 2.35. The molecule has 4 aliphatic rings. The number of likely N-dealkylation sites (tertiary alicyclic amines) is 1. The lowest BCUT2D eigenvalue weighted by atomic mass is 10.1. The zero-order chi connectivity index (χ0) is 22.2. The van der Waals surface area contributed by atoms with Gasteiger partial charge in [-0.15, -0.1) is 0 Å². The van der Waals surface area contributed by atoms with Crippen molar-refractivity contribution in [3.63, 3.8) is 0 Å². The first-order valence-electron chi connectivity index (χ1n) is 11.2. The predicted molar refractivity (Wildman–Crippen MR) is 121 cm³/mol. The lowest BCUT2D eigenvalue weighted by molar-refractivity contribution is 0.0996. The van der Waals surface area contributed by atoms with Crippen molar-refractivity contribution in [2.45, 2.75) is 25.8 Å². The SMILES string of the molecule is COc1ccc(N2Cc3c(cc4cc(F)cn(C)c3-4)C2=O)cc1OCCN1CCCCC1. The van der Waals surface area contributed by atoms with Gasteiger partial charge in [0.2, 0.25) is 0 Å². The van der Waals surface area contributed by atoms with Gasteiger partial charge in [-0.05, 0) is 50.2 Å². The Hall–Kier alpha value is -3.06. The highest BCUT2D eigenvalue weighted by molar-refractivity contribution is 6.13. The molecule has 6 nitrogen and oxygen atoms in total. The van der Waals surface area contributed by atoms with Crippen molar-refractivity contribution in [3.05, 3.63) is 53.5 Å². The second kappa shape index (κ2) is 8.47. The Balaban J connectivity index is 1.37. The topological polar surface area (TPSA) is 46.9 Å². The van der Waals surface area contributed by atoms with E-state index in [0.29, 0.717) is 30.2 Å². The molecule has 0 unspecified atom stereocenters. The Morgan fingerprint density at radius 1 is 1.06 bits per heavy atom. The second-order valence-corrected chi connectivity index (χ2v) is 8.59. The maximum Gasteiger partial charge on any atom is 0.259 e. The third kappa shape index (κ3) is 3.71. The fourth-order valence-corrected chi connectivity index (χ4v) is 4.92. The Kier molecular flexibility index (Phi) is 5.51. The summed E-state index contributed by atoms with van der Waals surface area (Å²) in [5, 5.41) is 0. The molecule has 1 fully saturated rings. The highest BCUT2D eigenvalue weighted by Crippen LogP contribution is 2.41. The van der Waals surface area contributed by atoms with Crippen LogP contribution in [0.15, 0.2) is 36.5 Å². The molecule has 1 aromatic rings. The van der Waals surface area contributed by atoms with E-state index >= 15 is 0 Å². The van der Waals surface area contributed by atoms with Gasteiger partial charge in [0.25, 0.3) is 5.91 Å². The van der Waals surface area contributed by atoms with Crippen LogP contribution in [0, 0.1) is 5.82 Å². The van der Waals surface area contributed by atoms with E-state index in [1.54, 1.807) is 29.7 Å². The van der Waals surface area contributed by atoms with Gasteiger partial charge < -0.3 is 18.9 Å². The number of pyridine rings is 1. The normalized spacial score (nSPS) is 16.6. The molecule has 1 aromatic carbocycles. The van der Waals surface area contributed by atoms with Crippen molar-refractivity contribution in [2.75, 3.05) is 38.3 Å². The first-order valence-corrected chi connectivity index (χ1v) is 11.2. The number of carbonyl (C=O) groups excluding carboxylic acids is 1. The van der Waals surface area contributed by atoms with Gasteiger partial charge in [0.05, 0.1) is 19.3 Å². The van der Waals surface area contributed by atoms with E-state index < -0.39 is 0 Å². The Morgan fingerprint density at radius 3 is 2.66 bits per heavy atom. The average molecular weight is 438 g/mol. The number of nitrogens with zero attached hydrogens (tertiary/aromatic N) is 3. The Bertz CT molecular complexity index is 1120. The molecular weight excluding hydrogens is 409 g/mol. The van der Waals surface area contributed by atoms with E-state index in [0.717, 1.165) is 42.1 Å². The van der Waals surface area contributed by atoms with Crippen LogP contribution in [0.25, 0.3) is 11.3 Å². The van der Waals surface area contributed by atoms with Crippen molar-refractivity contribution in [1.29, 1.82) is 0 Å². The summed E-state index contributed by atoms with van der Waals surface area (Å²) in [6.45, 7) is 4.14. The van der Waals surface area contributed by atoms with Crippen LogP contribution in [0.5, 0.6) is 11.5 Å². The first kappa shape index (κ1) is 20.8. The van der Waals surface area contributed by atoms with E-state index in [1.807, 2.05) is 18.2 Å². The summed E-state index contributed by atoms with van der Waals surface area (Å²) < 4.78 is 27.1. The third-order valence-corrected chi connectivity index (χ3v) is 6.51.